The zero-order chi connectivity index (χ0) is 16.1. The Morgan fingerprint density at radius 1 is 1.17 bits per heavy atom. The fraction of sp³-hybridized carbons (Fsp3) is 0.632. The van der Waals surface area contributed by atoms with Gasteiger partial charge in [0.25, 0.3) is 0 Å². The van der Waals surface area contributed by atoms with Crippen LogP contribution in [0.3, 0.4) is 0 Å². The SMILES string of the molecule is N[C@@H]1CCCN(c2c(C=O)cccc2OCC2CCCCC2)C1. The number of rotatable bonds is 5. The van der Waals surface area contributed by atoms with E-state index in [-0.39, 0.29) is 6.04 Å². The van der Waals surface area contributed by atoms with Crippen LogP contribution in [0.4, 0.5) is 5.69 Å². The van der Waals surface area contributed by atoms with Gasteiger partial charge in [-0.25, -0.2) is 0 Å². The Morgan fingerprint density at radius 3 is 2.74 bits per heavy atom. The van der Waals surface area contributed by atoms with Gasteiger partial charge in [0.15, 0.2) is 6.29 Å². The normalized spacial score (nSPS) is 22.8. The third-order valence-corrected chi connectivity index (χ3v) is 5.13. The Bertz CT molecular complexity index is 526. The Kier molecular flexibility index (Phi) is 5.55. The third kappa shape index (κ3) is 4.05. The molecule has 1 atom stereocenters. The smallest absolute Gasteiger partial charge is 0.152 e. The Balaban J connectivity index is 1.76. The number of benzene rings is 1. The molecular weight excluding hydrogens is 288 g/mol. The topological polar surface area (TPSA) is 55.6 Å². The maximum atomic E-state index is 11.5. The van der Waals surface area contributed by atoms with Crippen molar-refractivity contribution in [1.82, 2.24) is 0 Å². The first-order valence-corrected chi connectivity index (χ1v) is 8.99. The predicted molar refractivity (Wildman–Crippen MR) is 93.3 cm³/mol. The van der Waals surface area contributed by atoms with Crippen molar-refractivity contribution in [2.75, 3.05) is 24.6 Å². The van der Waals surface area contributed by atoms with Gasteiger partial charge in [0, 0.05) is 24.7 Å². The molecule has 0 amide bonds. The molecule has 3 rings (SSSR count). The summed E-state index contributed by atoms with van der Waals surface area (Å²) in [5.41, 5.74) is 7.77. The molecule has 0 spiro atoms. The van der Waals surface area contributed by atoms with E-state index in [4.69, 9.17) is 10.5 Å². The highest BCUT2D eigenvalue weighted by Gasteiger charge is 2.23. The molecule has 1 aliphatic carbocycles. The second-order valence-corrected chi connectivity index (χ2v) is 6.98. The molecule has 1 aliphatic heterocycles. The molecule has 0 aromatic heterocycles. The third-order valence-electron chi connectivity index (χ3n) is 5.13. The van der Waals surface area contributed by atoms with Gasteiger partial charge in [-0.2, -0.15) is 0 Å². The number of para-hydroxylation sites is 1. The lowest BCUT2D eigenvalue weighted by Gasteiger charge is -2.34. The lowest BCUT2D eigenvalue weighted by molar-refractivity contribution is 0.112. The first kappa shape index (κ1) is 16.3. The van der Waals surface area contributed by atoms with Gasteiger partial charge in [-0.1, -0.05) is 25.3 Å². The zero-order valence-corrected chi connectivity index (χ0v) is 13.9. The zero-order valence-electron chi connectivity index (χ0n) is 13.9. The molecule has 2 N–H and O–H groups in total. The van der Waals surface area contributed by atoms with Gasteiger partial charge in [0.05, 0.1) is 12.3 Å². The van der Waals surface area contributed by atoms with Gasteiger partial charge in [-0.15, -0.1) is 0 Å². The summed E-state index contributed by atoms with van der Waals surface area (Å²) in [6.45, 7) is 2.50. The molecule has 1 saturated heterocycles. The first-order valence-electron chi connectivity index (χ1n) is 8.99. The van der Waals surface area contributed by atoms with Crippen molar-refractivity contribution < 1.29 is 9.53 Å². The van der Waals surface area contributed by atoms with Gasteiger partial charge in [0.2, 0.25) is 0 Å². The van der Waals surface area contributed by atoms with Crippen molar-refractivity contribution in [3.63, 3.8) is 0 Å². The monoisotopic (exact) mass is 316 g/mol. The van der Waals surface area contributed by atoms with E-state index in [2.05, 4.69) is 4.90 Å². The lowest BCUT2D eigenvalue weighted by atomic mass is 9.90. The molecule has 1 aromatic rings. The van der Waals surface area contributed by atoms with Crippen molar-refractivity contribution in [2.24, 2.45) is 11.7 Å². The summed E-state index contributed by atoms with van der Waals surface area (Å²) < 4.78 is 6.17. The second kappa shape index (κ2) is 7.82. The van der Waals surface area contributed by atoms with Crippen LogP contribution in [0, 0.1) is 5.92 Å². The van der Waals surface area contributed by atoms with Crippen LogP contribution in [0.1, 0.15) is 55.3 Å². The molecule has 23 heavy (non-hydrogen) atoms. The van der Waals surface area contributed by atoms with Gasteiger partial charge in [-0.05, 0) is 43.7 Å². The minimum Gasteiger partial charge on any atom is -0.491 e. The van der Waals surface area contributed by atoms with E-state index in [1.165, 1.54) is 32.1 Å². The van der Waals surface area contributed by atoms with Crippen LogP contribution in [0.25, 0.3) is 0 Å². The van der Waals surface area contributed by atoms with Crippen LogP contribution in [-0.4, -0.2) is 32.0 Å². The average molecular weight is 316 g/mol. The highest BCUT2D eigenvalue weighted by Crippen LogP contribution is 2.34. The van der Waals surface area contributed by atoms with Crippen molar-refractivity contribution in [2.45, 2.75) is 51.0 Å². The van der Waals surface area contributed by atoms with E-state index in [1.54, 1.807) is 0 Å². The number of nitrogens with zero attached hydrogens (tertiary/aromatic N) is 1. The van der Waals surface area contributed by atoms with E-state index in [0.29, 0.717) is 11.5 Å². The van der Waals surface area contributed by atoms with E-state index >= 15 is 0 Å². The Labute approximate surface area is 139 Å². The molecule has 4 heteroatoms. The number of nitrogens with two attached hydrogens (primary N) is 1. The predicted octanol–water partition coefficient (Wildman–Crippen LogP) is 3.39. The molecule has 2 fully saturated rings. The van der Waals surface area contributed by atoms with Gasteiger partial charge in [0.1, 0.15) is 5.75 Å². The minimum atomic E-state index is 0.176. The number of hydrogen-bond donors (Lipinski definition) is 1. The van der Waals surface area contributed by atoms with E-state index in [0.717, 1.165) is 50.3 Å². The summed E-state index contributed by atoms with van der Waals surface area (Å²) in [6.07, 6.45) is 9.56. The van der Waals surface area contributed by atoms with Crippen LogP contribution in [-0.2, 0) is 0 Å². The number of carbonyl (C=O) groups excluding carboxylic acids is 1. The number of ether oxygens (including phenoxy) is 1. The molecule has 2 aliphatic rings. The fourth-order valence-corrected chi connectivity index (χ4v) is 3.86. The summed E-state index contributed by atoms with van der Waals surface area (Å²) in [6, 6.07) is 5.95. The lowest BCUT2D eigenvalue weighted by Crippen LogP contribution is -2.43. The van der Waals surface area contributed by atoms with E-state index in [9.17, 15) is 4.79 Å². The van der Waals surface area contributed by atoms with Crippen molar-refractivity contribution in [3.05, 3.63) is 23.8 Å². The summed E-state index contributed by atoms with van der Waals surface area (Å²) in [7, 11) is 0. The molecule has 1 heterocycles. The molecule has 0 unspecified atom stereocenters. The van der Waals surface area contributed by atoms with Gasteiger partial charge in [-0.3, -0.25) is 4.79 Å². The highest BCUT2D eigenvalue weighted by molar-refractivity contribution is 5.87. The van der Waals surface area contributed by atoms with Crippen LogP contribution >= 0.6 is 0 Å². The molecule has 0 radical (unpaired) electrons. The largest absolute Gasteiger partial charge is 0.491 e. The standard InChI is InChI=1S/C19H28N2O2/c20-17-9-5-11-21(12-17)19-16(13-22)8-4-10-18(19)23-14-15-6-2-1-3-7-15/h4,8,10,13,15,17H,1-3,5-7,9,11-12,14,20H2/t17-/m1/s1. The Morgan fingerprint density at radius 2 is 2.00 bits per heavy atom. The molecule has 1 aromatic carbocycles. The molecule has 126 valence electrons. The quantitative estimate of drug-likeness (QED) is 0.846. The number of carbonyl (C=O) groups is 1. The van der Waals surface area contributed by atoms with Crippen LogP contribution in [0.2, 0.25) is 0 Å². The highest BCUT2D eigenvalue weighted by atomic mass is 16.5. The summed E-state index contributed by atoms with van der Waals surface area (Å²) in [4.78, 5) is 13.7. The van der Waals surface area contributed by atoms with Crippen molar-refractivity contribution in [1.29, 1.82) is 0 Å². The maximum absolute atomic E-state index is 11.5. The second-order valence-electron chi connectivity index (χ2n) is 6.98. The van der Waals surface area contributed by atoms with Crippen LogP contribution < -0.4 is 15.4 Å². The fourth-order valence-electron chi connectivity index (χ4n) is 3.86. The number of aldehydes is 1. The molecule has 1 saturated carbocycles. The first-order chi connectivity index (χ1) is 11.3. The van der Waals surface area contributed by atoms with Gasteiger partial charge < -0.3 is 15.4 Å². The summed E-state index contributed by atoms with van der Waals surface area (Å²) in [5.74, 6) is 1.49. The molecular formula is C19H28N2O2. The van der Waals surface area contributed by atoms with Gasteiger partial charge >= 0.3 is 0 Å². The number of piperidine rings is 1. The number of hydrogen-bond acceptors (Lipinski definition) is 4. The number of anilines is 1. The van der Waals surface area contributed by atoms with Crippen LogP contribution in [0.5, 0.6) is 5.75 Å². The Hall–Kier alpha value is -1.55. The molecule has 4 nitrogen and oxygen atoms in total. The van der Waals surface area contributed by atoms with Crippen molar-refractivity contribution >= 4 is 12.0 Å². The average Bonchev–Trinajstić information content (AvgIpc) is 2.60. The maximum Gasteiger partial charge on any atom is 0.152 e. The minimum absolute atomic E-state index is 0.176. The van der Waals surface area contributed by atoms with E-state index < -0.39 is 0 Å². The summed E-state index contributed by atoms with van der Waals surface area (Å²) in [5, 5.41) is 0. The van der Waals surface area contributed by atoms with Crippen molar-refractivity contribution in [3.8, 4) is 5.75 Å². The van der Waals surface area contributed by atoms with E-state index in [1.807, 2.05) is 18.2 Å². The summed E-state index contributed by atoms with van der Waals surface area (Å²) >= 11 is 0. The van der Waals surface area contributed by atoms with Crippen LogP contribution in [0.15, 0.2) is 18.2 Å². The molecule has 0 bridgehead atoms.